The van der Waals surface area contributed by atoms with Gasteiger partial charge in [0.1, 0.15) is 5.75 Å². The molecule has 1 unspecified atom stereocenters. The van der Waals surface area contributed by atoms with Crippen molar-refractivity contribution in [2.24, 2.45) is 0 Å². The van der Waals surface area contributed by atoms with Crippen LogP contribution in [0.15, 0.2) is 48.5 Å². The summed E-state index contributed by atoms with van der Waals surface area (Å²) in [6, 6.07) is 12.6. The first-order valence-electron chi connectivity index (χ1n) is 5.76. The Morgan fingerprint density at radius 2 is 1.75 bits per heavy atom. The van der Waals surface area contributed by atoms with E-state index in [1.165, 1.54) is 24.9 Å². The summed E-state index contributed by atoms with van der Waals surface area (Å²) in [5.41, 5.74) is 0.202. The Hall–Kier alpha value is -1.61. The number of benzene rings is 2. The summed E-state index contributed by atoms with van der Waals surface area (Å²) in [4.78, 5) is 21.7. The average Bonchev–Trinajstić information content (AvgIpc) is 2.38. The number of para-hydroxylation sites is 1. The molecule has 20 heavy (non-hydrogen) atoms. The summed E-state index contributed by atoms with van der Waals surface area (Å²) >= 11 is 5.91. The Morgan fingerprint density at radius 3 is 2.40 bits per heavy atom. The van der Waals surface area contributed by atoms with E-state index in [4.69, 9.17) is 16.3 Å². The zero-order valence-corrected chi connectivity index (χ0v) is 12.3. The van der Waals surface area contributed by atoms with Crippen molar-refractivity contribution >= 4 is 30.2 Å². The van der Waals surface area contributed by atoms with Crippen LogP contribution in [0.1, 0.15) is 10.4 Å². The second-order valence-corrected chi connectivity index (χ2v) is 6.86. The Bertz CT molecular complexity index is 693. The molecule has 0 aliphatic rings. The van der Waals surface area contributed by atoms with E-state index in [2.05, 4.69) is 0 Å². The number of hydrogen-bond donors (Lipinski definition) is 1. The highest BCUT2D eigenvalue weighted by molar-refractivity contribution is 7.65. The average molecular weight is 311 g/mol. The van der Waals surface area contributed by atoms with Crippen LogP contribution in [0.3, 0.4) is 0 Å². The van der Waals surface area contributed by atoms with E-state index in [1.54, 1.807) is 30.3 Å². The number of carbonyl (C=O) groups is 1. The maximum atomic E-state index is 12.0. The van der Waals surface area contributed by atoms with Gasteiger partial charge in [0, 0.05) is 6.66 Å². The molecule has 0 fully saturated rings. The van der Waals surface area contributed by atoms with Gasteiger partial charge in [0.25, 0.3) is 0 Å². The van der Waals surface area contributed by atoms with Gasteiger partial charge in [-0.25, -0.2) is 4.79 Å². The molecule has 1 N–H and O–H groups in total. The number of halogens is 1. The molecule has 0 amide bonds. The van der Waals surface area contributed by atoms with E-state index >= 15 is 0 Å². The van der Waals surface area contributed by atoms with Gasteiger partial charge in [-0.3, -0.25) is 4.57 Å². The Morgan fingerprint density at radius 1 is 1.15 bits per heavy atom. The third-order valence-electron chi connectivity index (χ3n) is 2.61. The molecule has 0 heterocycles. The van der Waals surface area contributed by atoms with Gasteiger partial charge in [0.05, 0.1) is 15.9 Å². The Labute approximate surface area is 121 Å². The lowest BCUT2D eigenvalue weighted by atomic mass is 10.2. The van der Waals surface area contributed by atoms with E-state index in [-0.39, 0.29) is 21.6 Å². The summed E-state index contributed by atoms with van der Waals surface area (Å²) in [5, 5.41) is 0.360. The largest absolute Gasteiger partial charge is 0.422 e. The van der Waals surface area contributed by atoms with E-state index in [1.807, 2.05) is 0 Å². The molecule has 0 aliphatic heterocycles. The molecule has 104 valence electrons. The lowest BCUT2D eigenvalue weighted by molar-refractivity contribution is 0.0736. The fraction of sp³-hybridized carbons (Fsp3) is 0.0714. The zero-order valence-electron chi connectivity index (χ0n) is 10.6. The molecule has 4 nitrogen and oxygen atoms in total. The van der Waals surface area contributed by atoms with E-state index in [9.17, 15) is 14.3 Å². The highest BCUT2D eigenvalue weighted by atomic mass is 35.5. The minimum Gasteiger partial charge on any atom is -0.422 e. The van der Waals surface area contributed by atoms with Gasteiger partial charge in [-0.05, 0) is 24.3 Å². The summed E-state index contributed by atoms with van der Waals surface area (Å²) in [5.74, 6) is -0.609. The van der Waals surface area contributed by atoms with Crippen LogP contribution in [-0.2, 0) is 4.57 Å². The van der Waals surface area contributed by atoms with Crippen LogP contribution < -0.4 is 10.0 Å². The first-order chi connectivity index (χ1) is 9.39. The molecule has 2 aromatic rings. The molecule has 0 saturated heterocycles. The van der Waals surface area contributed by atoms with Crippen LogP contribution in [0.5, 0.6) is 5.75 Å². The molecule has 6 heteroatoms. The summed E-state index contributed by atoms with van der Waals surface area (Å²) in [6.45, 7) is 1.19. The second kappa shape index (κ2) is 5.80. The SMILES string of the molecule is CP(=O)(O)c1ccccc1OC(=O)c1ccccc1Cl. The van der Waals surface area contributed by atoms with Gasteiger partial charge < -0.3 is 9.63 Å². The smallest absolute Gasteiger partial charge is 0.345 e. The van der Waals surface area contributed by atoms with Crippen molar-refractivity contribution in [2.45, 2.75) is 0 Å². The summed E-state index contributed by atoms with van der Waals surface area (Å²) in [6.07, 6.45) is 0. The molecule has 0 aromatic heterocycles. The highest BCUT2D eigenvalue weighted by Crippen LogP contribution is 2.38. The maximum Gasteiger partial charge on any atom is 0.345 e. The Kier molecular flexibility index (Phi) is 4.29. The van der Waals surface area contributed by atoms with Gasteiger partial charge >= 0.3 is 5.97 Å². The number of rotatable bonds is 3. The fourth-order valence-electron chi connectivity index (χ4n) is 1.67. The normalized spacial score (nSPS) is 13.6. The fourth-order valence-corrected chi connectivity index (χ4v) is 2.77. The lowest BCUT2D eigenvalue weighted by Crippen LogP contribution is -2.15. The molecule has 2 aromatic carbocycles. The minimum atomic E-state index is -3.53. The summed E-state index contributed by atoms with van der Waals surface area (Å²) < 4.78 is 16.9. The molecular weight excluding hydrogens is 299 g/mol. The molecule has 1 atom stereocenters. The predicted octanol–water partition coefficient (Wildman–Crippen LogP) is 3.08. The minimum absolute atomic E-state index is 0.0609. The van der Waals surface area contributed by atoms with Crippen LogP contribution in [0.2, 0.25) is 5.02 Å². The van der Waals surface area contributed by atoms with Crippen molar-refractivity contribution < 1.29 is 19.0 Å². The molecule has 0 aliphatic carbocycles. The zero-order chi connectivity index (χ0) is 14.8. The standard InChI is InChI=1S/C14H12ClO4P/c1-20(17,18)13-9-5-4-8-12(13)19-14(16)10-6-2-3-7-11(10)15/h2-9H,1H3,(H,17,18). The number of ether oxygens (including phenoxy) is 1. The summed E-state index contributed by atoms with van der Waals surface area (Å²) in [7, 11) is -3.53. The topological polar surface area (TPSA) is 63.6 Å². The number of hydrogen-bond acceptors (Lipinski definition) is 3. The molecule has 2 rings (SSSR count). The first-order valence-corrected chi connectivity index (χ1v) is 8.24. The van der Waals surface area contributed by atoms with Gasteiger partial charge in [0.2, 0.25) is 7.37 Å². The quantitative estimate of drug-likeness (QED) is 0.537. The van der Waals surface area contributed by atoms with Gasteiger partial charge in [0.15, 0.2) is 0 Å². The van der Waals surface area contributed by atoms with Crippen LogP contribution in [0.25, 0.3) is 0 Å². The predicted molar refractivity (Wildman–Crippen MR) is 78.2 cm³/mol. The maximum absolute atomic E-state index is 12.0. The van der Waals surface area contributed by atoms with Crippen LogP contribution >= 0.6 is 19.0 Å². The number of carbonyl (C=O) groups excluding carboxylic acids is 1. The van der Waals surface area contributed by atoms with Crippen LogP contribution in [0.4, 0.5) is 0 Å². The monoisotopic (exact) mass is 310 g/mol. The van der Waals surface area contributed by atoms with E-state index in [0.29, 0.717) is 0 Å². The van der Waals surface area contributed by atoms with Crippen molar-refractivity contribution in [3.63, 3.8) is 0 Å². The van der Waals surface area contributed by atoms with Crippen molar-refractivity contribution in [1.29, 1.82) is 0 Å². The lowest BCUT2D eigenvalue weighted by Gasteiger charge is -2.12. The molecular formula is C14H12ClO4P. The second-order valence-electron chi connectivity index (χ2n) is 4.22. The third kappa shape index (κ3) is 3.28. The van der Waals surface area contributed by atoms with Crippen molar-refractivity contribution in [2.75, 3.05) is 6.66 Å². The molecule has 0 radical (unpaired) electrons. The third-order valence-corrected chi connectivity index (χ3v) is 4.20. The Balaban J connectivity index is 2.34. The van der Waals surface area contributed by atoms with Crippen LogP contribution in [-0.4, -0.2) is 17.5 Å². The highest BCUT2D eigenvalue weighted by Gasteiger charge is 2.21. The van der Waals surface area contributed by atoms with Gasteiger partial charge in [-0.1, -0.05) is 35.9 Å². The molecule has 0 saturated carbocycles. The molecule has 0 bridgehead atoms. The first kappa shape index (κ1) is 14.8. The van der Waals surface area contributed by atoms with Crippen molar-refractivity contribution in [3.05, 3.63) is 59.1 Å². The van der Waals surface area contributed by atoms with Crippen molar-refractivity contribution in [1.82, 2.24) is 0 Å². The van der Waals surface area contributed by atoms with Crippen LogP contribution in [0, 0.1) is 0 Å². The number of esters is 1. The van der Waals surface area contributed by atoms with E-state index < -0.39 is 13.3 Å². The molecule has 0 spiro atoms. The van der Waals surface area contributed by atoms with Crippen molar-refractivity contribution in [3.8, 4) is 5.75 Å². The van der Waals surface area contributed by atoms with Gasteiger partial charge in [-0.15, -0.1) is 0 Å². The van der Waals surface area contributed by atoms with E-state index in [0.717, 1.165) is 0 Å². The van der Waals surface area contributed by atoms with Gasteiger partial charge in [-0.2, -0.15) is 0 Å².